The predicted molar refractivity (Wildman–Crippen MR) is 81.7 cm³/mol. The van der Waals surface area contributed by atoms with Crippen LogP contribution in [0.25, 0.3) is 0 Å². The van der Waals surface area contributed by atoms with Gasteiger partial charge in [0.25, 0.3) is 0 Å². The lowest BCUT2D eigenvalue weighted by Crippen LogP contribution is -2.09. The van der Waals surface area contributed by atoms with E-state index in [2.05, 4.69) is 19.1 Å². The molecule has 2 atom stereocenters. The number of carbonyl (C=O) groups is 2. The smallest absolute Gasteiger partial charge is 0.336 e. The lowest BCUT2D eigenvalue weighted by Gasteiger charge is -2.14. The van der Waals surface area contributed by atoms with Gasteiger partial charge in [0.15, 0.2) is 0 Å². The first-order valence-corrected chi connectivity index (χ1v) is 7.18. The average Bonchev–Trinajstić information content (AvgIpc) is 2.84. The summed E-state index contributed by atoms with van der Waals surface area (Å²) in [6.45, 7) is 2.16. The van der Waals surface area contributed by atoms with Gasteiger partial charge in [0, 0.05) is 5.92 Å². The Bertz CT molecular complexity index is 763. The van der Waals surface area contributed by atoms with Gasteiger partial charge < -0.3 is 10.2 Å². The van der Waals surface area contributed by atoms with Gasteiger partial charge in [-0.15, -0.1) is 0 Å². The van der Waals surface area contributed by atoms with Crippen molar-refractivity contribution in [3.05, 3.63) is 70.3 Å². The maximum atomic E-state index is 11.3. The minimum absolute atomic E-state index is 0.118. The van der Waals surface area contributed by atoms with Crippen LogP contribution in [0.5, 0.6) is 0 Å². The summed E-state index contributed by atoms with van der Waals surface area (Å²) in [5.41, 5.74) is 3.03. The average molecular weight is 296 g/mol. The number of carboxylic acids is 2. The topological polar surface area (TPSA) is 74.6 Å². The summed E-state index contributed by atoms with van der Waals surface area (Å²) in [4.78, 5) is 22.5. The quantitative estimate of drug-likeness (QED) is 0.905. The number of rotatable bonds is 3. The second kappa shape index (κ2) is 5.30. The Morgan fingerprint density at radius 3 is 2.23 bits per heavy atom. The van der Waals surface area contributed by atoms with Crippen molar-refractivity contribution in [2.45, 2.75) is 25.2 Å². The summed E-state index contributed by atoms with van der Waals surface area (Å²) >= 11 is 0. The highest BCUT2D eigenvalue weighted by molar-refractivity contribution is 6.01. The van der Waals surface area contributed by atoms with Crippen LogP contribution in [-0.4, -0.2) is 22.2 Å². The fraction of sp³-hybridized carbons (Fsp3) is 0.222. The van der Waals surface area contributed by atoms with E-state index in [9.17, 15) is 14.7 Å². The Kier molecular flexibility index (Phi) is 3.45. The molecule has 0 aliphatic heterocycles. The highest BCUT2D eigenvalue weighted by Gasteiger charge is 2.30. The van der Waals surface area contributed by atoms with Gasteiger partial charge in [-0.25, -0.2) is 9.59 Å². The van der Waals surface area contributed by atoms with Gasteiger partial charge in [0.05, 0.1) is 11.1 Å². The highest BCUT2D eigenvalue weighted by atomic mass is 16.4. The Balaban J connectivity index is 2.09. The van der Waals surface area contributed by atoms with E-state index < -0.39 is 11.9 Å². The molecule has 1 aliphatic carbocycles. The van der Waals surface area contributed by atoms with Gasteiger partial charge in [-0.05, 0) is 41.2 Å². The third kappa shape index (κ3) is 2.26. The van der Waals surface area contributed by atoms with Crippen molar-refractivity contribution in [1.29, 1.82) is 0 Å². The normalized spacial score (nSPS) is 19.7. The lowest BCUT2D eigenvalue weighted by molar-refractivity contribution is 0.0651. The van der Waals surface area contributed by atoms with E-state index in [-0.39, 0.29) is 17.0 Å². The van der Waals surface area contributed by atoms with E-state index in [1.807, 2.05) is 12.1 Å². The number of hydrogen-bond acceptors (Lipinski definition) is 2. The zero-order valence-electron chi connectivity index (χ0n) is 12.1. The van der Waals surface area contributed by atoms with Crippen molar-refractivity contribution in [1.82, 2.24) is 0 Å². The molecule has 2 aromatic rings. The van der Waals surface area contributed by atoms with E-state index >= 15 is 0 Å². The molecule has 0 fully saturated rings. The van der Waals surface area contributed by atoms with Gasteiger partial charge in [0.2, 0.25) is 0 Å². The van der Waals surface area contributed by atoms with Gasteiger partial charge >= 0.3 is 11.9 Å². The van der Waals surface area contributed by atoms with Gasteiger partial charge in [-0.2, -0.15) is 0 Å². The largest absolute Gasteiger partial charge is 0.478 e. The molecule has 0 saturated carbocycles. The predicted octanol–water partition coefficient (Wildman–Crippen LogP) is 3.72. The molecular weight excluding hydrogens is 280 g/mol. The van der Waals surface area contributed by atoms with Crippen LogP contribution < -0.4 is 0 Å². The fourth-order valence-corrected chi connectivity index (χ4v) is 3.34. The maximum absolute atomic E-state index is 11.3. The molecule has 4 nitrogen and oxygen atoms in total. The van der Waals surface area contributed by atoms with E-state index in [0.29, 0.717) is 5.92 Å². The molecule has 2 unspecified atom stereocenters. The van der Waals surface area contributed by atoms with Crippen molar-refractivity contribution >= 4 is 11.9 Å². The fourth-order valence-electron chi connectivity index (χ4n) is 3.34. The molecule has 2 N–H and O–H groups in total. The summed E-state index contributed by atoms with van der Waals surface area (Å²) in [6.07, 6.45) is 0.908. The van der Waals surface area contributed by atoms with Crippen LogP contribution in [0.3, 0.4) is 0 Å². The Morgan fingerprint density at radius 2 is 1.59 bits per heavy atom. The van der Waals surface area contributed by atoms with Crippen LogP contribution in [0.15, 0.2) is 42.5 Å². The first-order valence-electron chi connectivity index (χ1n) is 7.18. The molecule has 4 heteroatoms. The van der Waals surface area contributed by atoms with Crippen molar-refractivity contribution < 1.29 is 19.8 Å². The lowest BCUT2D eigenvalue weighted by atomic mass is 9.90. The number of hydrogen-bond donors (Lipinski definition) is 2. The van der Waals surface area contributed by atoms with Crippen LogP contribution in [0, 0.1) is 0 Å². The molecule has 1 aliphatic rings. The Hall–Kier alpha value is -2.62. The van der Waals surface area contributed by atoms with Crippen molar-refractivity contribution in [2.24, 2.45) is 0 Å². The molecule has 112 valence electrons. The van der Waals surface area contributed by atoms with Gasteiger partial charge in [0.1, 0.15) is 0 Å². The first-order chi connectivity index (χ1) is 10.5. The van der Waals surface area contributed by atoms with Crippen molar-refractivity contribution in [3.8, 4) is 0 Å². The minimum Gasteiger partial charge on any atom is -0.478 e. The molecule has 0 amide bonds. The standard InChI is InChI=1S/C18H16O4/c1-10-8-15(13-5-3-2-4-12(10)13)11-6-7-14(17(19)20)16(9-11)18(21)22/h2-7,9-10,15H,8H2,1H3,(H,19,20)(H,21,22). The van der Waals surface area contributed by atoms with E-state index in [1.54, 1.807) is 6.07 Å². The summed E-state index contributed by atoms with van der Waals surface area (Å²) < 4.78 is 0. The SMILES string of the molecule is CC1CC(c2ccc(C(=O)O)c(C(=O)O)c2)c2ccccc21. The summed E-state index contributed by atoms with van der Waals surface area (Å²) in [5, 5.41) is 18.4. The number of aromatic carboxylic acids is 2. The zero-order valence-corrected chi connectivity index (χ0v) is 12.1. The third-order valence-electron chi connectivity index (χ3n) is 4.40. The maximum Gasteiger partial charge on any atom is 0.336 e. The first kappa shape index (κ1) is 14.3. The molecular formula is C18H16O4. The molecule has 0 aromatic heterocycles. The number of benzene rings is 2. The molecule has 0 spiro atoms. The van der Waals surface area contributed by atoms with Crippen LogP contribution in [0.4, 0.5) is 0 Å². The van der Waals surface area contributed by atoms with Crippen LogP contribution in [0.2, 0.25) is 0 Å². The molecule has 22 heavy (non-hydrogen) atoms. The number of carboxylic acid groups (broad SMARTS) is 2. The van der Waals surface area contributed by atoms with Gasteiger partial charge in [-0.1, -0.05) is 37.3 Å². The van der Waals surface area contributed by atoms with E-state index in [4.69, 9.17) is 5.11 Å². The third-order valence-corrected chi connectivity index (χ3v) is 4.40. The second-order valence-electron chi connectivity index (χ2n) is 5.73. The van der Waals surface area contributed by atoms with E-state index in [0.717, 1.165) is 12.0 Å². The molecule has 0 saturated heterocycles. The highest BCUT2D eigenvalue weighted by Crippen LogP contribution is 2.45. The van der Waals surface area contributed by atoms with Crippen molar-refractivity contribution in [2.75, 3.05) is 0 Å². The minimum atomic E-state index is -1.22. The van der Waals surface area contributed by atoms with Crippen LogP contribution >= 0.6 is 0 Å². The molecule has 0 radical (unpaired) electrons. The molecule has 0 bridgehead atoms. The summed E-state index contributed by atoms with van der Waals surface area (Å²) in [5.74, 6) is -1.90. The Labute approximate surface area is 128 Å². The monoisotopic (exact) mass is 296 g/mol. The van der Waals surface area contributed by atoms with E-state index in [1.165, 1.54) is 23.3 Å². The van der Waals surface area contributed by atoms with Gasteiger partial charge in [-0.3, -0.25) is 0 Å². The number of fused-ring (bicyclic) bond motifs is 1. The van der Waals surface area contributed by atoms with Crippen LogP contribution in [0.1, 0.15) is 62.6 Å². The van der Waals surface area contributed by atoms with Crippen LogP contribution in [-0.2, 0) is 0 Å². The molecule has 3 rings (SSSR count). The summed E-state index contributed by atoms with van der Waals surface area (Å²) in [6, 6.07) is 12.8. The Morgan fingerprint density at radius 1 is 0.955 bits per heavy atom. The summed E-state index contributed by atoms with van der Waals surface area (Å²) in [7, 11) is 0. The molecule has 0 heterocycles. The zero-order chi connectivity index (χ0) is 15.9. The van der Waals surface area contributed by atoms with Crippen molar-refractivity contribution in [3.63, 3.8) is 0 Å². The molecule has 2 aromatic carbocycles. The second-order valence-corrected chi connectivity index (χ2v) is 5.73.